The average molecular weight is 344 g/mol. The van der Waals surface area contributed by atoms with E-state index in [1.165, 1.54) is 18.3 Å². The molecule has 1 aliphatic heterocycles. The Morgan fingerprint density at radius 3 is 2.95 bits per heavy atom. The minimum absolute atomic E-state index is 0.0608. The van der Waals surface area contributed by atoms with Crippen molar-refractivity contribution in [2.75, 3.05) is 13.2 Å². The van der Waals surface area contributed by atoms with Gasteiger partial charge in [-0.25, -0.2) is 14.2 Å². The van der Waals surface area contributed by atoms with E-state index < -0.39 is 17.3 Å². The van der Waals surface area contributed by atoms with E-state index in [0.29, 0.717) is 29.0 Å². The van der Waals surface area contributed by atoms with Gasteiger partial charge in [0.2, 0.25) is 0 Å². The molecule has 2 aromatic rings. The van der Waals surface area contributed by atoms with Crippen LogP contribution in [0.5, 0.6) is 5.75 Å². The fraction of sp³-hybridized carbons (Fsp3) is 0.286. The van der Waals surface area contributed by atoms with Gasteiger partial charge in [0, 0.05) is 6.42 Å². The highest BCUT2D eigenvalue weighted by Gasteiger charge is 2.23. The molecule has 1 aliphatic rings. The minimum Gasteiger partial charge on any atom is -0.488 e. The third-order valence-electron chi connectivity index (χ3n) is 3.18. The van der Waals surface area contributed by atoms with Gasteiger partial charge in [0.1, 0.15) is 27.0 Å². The molecule has 8 heteroatoms. The number of ether oxygens (including phenoxy) is 2. The Balaban J connectivity index is 2.03. The van der Waals surface area contributed by atoms with Gasteiger partial charge < -0.3 is 14.6 Å². The molecule has 3 rings (SSSR count). The zero-order valence-corrected chi connectivity index (χ0v) is 12.8. The van der Waals surface area contributed by atoms with Crippen LogP contribution in [-0.4, -0.2) is 35.4 Å². The highest BCUT2D eigenvalue weighted by Crippen LogP contribution is 2.34. The van der Waals surface area contributed by atoms with Crippen LogP contribution in [0.25, 0.3) is 10.6 Å². The Kier molecular flexibility index (Phi) is 4.28. The maximum atomic E-state index is 14.4. The number of carboxylic acid groups (broad SMARTS) is 1. The maximum absolute atomic E-state index is 14.4. The number of nitrogens with zero attached hydrogens (tertiary/aromatic N) is 1. The number of carbonyl (C=O) groups is 1. The number of aromatic carboxylic acids is 1. The van der Waals surface area contributed by atoms with Crippen LogP contribution in [0.4, 0.5) is 4.39 Å². The van der Waals surface area contributed by atoms with Gasteiger partial charge in [-0.05, 0) is 12.1 Å². The fourth-order valence-corrected chi connectivity index (χ4v) is 3.08. The first kappa shape index (κ1) is 15.2. The van der Waals surface area contributed by atoms with Gasteiger partial charge in [-0.2, -0.15) is 0 Å². The Bertz CT molecular complexity index is 715. The minimum atomic E-state index is -1.37. The summed E-state index contributed by atoms with van der Waals surface area (Å²) < 4.78 is 25.6. The molecule has 0 aliphatic carbocycles. The molecule has 0 saturated carbocycles. The van der Waals surface area contributed by atoms with Crippen molar-refractivity contribution in [3.63, 3.8) is 0 Å². The number of rotatable bonds is 4. The normalized spacial score (nSPS) is 17.6. The summed E-state index contributed by atoms with van der Waals surface area (Å²) in [5.74, 6) is -1.95. The van der Waals surface area contributed by atoms with E-state index in [0.717, 1.165) is 11.3 Å². The van der Waals surface area contributed by atoms with Crippen molar-refractivity contribution in [3.05, 3.63) is 34.0 Å². The van der Waals surface area contributed by atoms with Crippen molar-refractivity contribution in [2.45, 2.75) is 12.5 Å². The van der Waals surface area contributed by atoms with E-state index in [4.69, 9.17) is 26.2 Å². The van der Waals surface area contributed by atoms with E-state index >= 15 is 0 Å². The summed E-state index contributed by atoms with van der Waals surface area (Å²) in [6.07, 6.45) is 1.93. The summed E-state index contributed by atoms with van der Waals surface area (Å²) in [5, 5.41) is 9.47. The van der Waals surface area contributed by atoms with Gasteiger partial charge in [0.05, 0.1) is 30.5 Å². The lowest BCUT2D eigenvalue weighted by molar-refractivity contribution is 0.0691. The van der Waals surface area contributed by atoms with Crippen LogP contribution in [-0.2, 0) is 4.74 Å². The van der Waals surface area contributed by atoms with Crippen LogP contribution in [0.15, 0.2) is 18.3 Å². The summed E-state index contributed by atoms with van der Waals surface area (Å²) in [6.45, 7) is 1.02. The number of halogens is 2. The summed E-state index contributed by atoms with van der Waals surface area (Å²) in [4.78, 5) is 15.2. The molecule has 22 heavy (non-hydrogen) atoms. The predicted octanol–water partition coefficient (Wildman–Crippen LogP) is 3.47. The number of hydrogen-bond donors (Lipinski definition) is 1. The molecule has 1 aromatic heterocycles. The lowest BCUT2D eigenvalue weighted by Crippen LogP contribution is -2.16. The Hall–Kier alpha value is -1.70. The number of hydrogen-bond acceptors (Lipinski definition) is 5. The number of carboxylic acids is 1. The van der Waals surface area contributed by atoms with Crippen molar-refractivity contribution in [3.8, 4) is 16.3 Å². The van der Waals surface area contributed by atoms with E-state index in [2.05, 4.69) is 4.98 Å². The summed E-state index contributed by atoms with van der Waals surface area (Å²) in [6, 6.07) is 2.62. The van der Waals surface area contributed by atoms with Gasteiger partial charge in [-0.15, -0.1) is 11.3 Å². The van der Waals surface area contributed by atoms with Crippen LogP contribution in [0.2, 0.25) is 4.34 Å². The molecular formula is C14H11ClFNO4S. The molecule has 1 aromatic carbocycles. The highest BCUT2D eigenvalue weighted by atomic mass is 35.5. The molecule has 1 unspecified atom stereocenters. The molecule has 1 N–H and O–H groups in total. The molecular weight excluding hydrogens is 333 g/mol. The predicted molar refractivity (Wildman–Crippen MR) is 79.3 cm³/mol. The zero-order valence-electron chi connectivity index (χ0n) is 11.2. The Morgan fingerprint density at radius 1 is 1.55 bits per heavy atom. The SMILES string of the molecule is O=C(O)c1cc(OC2CCOC2)cc(-c2ncc(Cl)s2)c1F. The molecule has 0 amide bonds. The second-order valence-electron chi connectivity index (χ2n) is 4.71. The summed E-state index contributed by atoms with van der Waals surface area (Å²) in [7, 11) is 0. The third-order valence-corrected chi connectivity index (χ3v) is 4.32. The molecule has 5 nitrogen and oxygen atoms in total. The van der Waals surface area contributed by atoms with E-state index in [9.17, 15) is 9.18 Å². The van der Waals surface area contributed by atoms with E-state index in [-0.39, 0.29) is 17.4 Å². The largest absolute Gasteiger partial charge is 0.488 e. The fourth-order valence-electron chi connectivity index (χ4n) is 2.15. The average Bonchev–Trinajstić information content (AvgIpc) is 3.12. The van der Waals surface area contributed by atoms with Gasteiger partial charge in [0.15, 0.2) is 0 Å². The molecule has 0 spiro atoms. The Labute approximate surface area is 134 Å². The Morgan fingerprint density at radius 2 is 2.36 bits per heavy atom. The second kappa shape index (κ2) is 6.20. The van der Waals surface area contributed by atoms with Crippen molar-refractivity contribution in [1.82, 2.24) is 4.98 Å². The molecule has 2 heterocycles. The van der Waals surface area contributed by atoms with Crippen LogP contribution in [0.1, 0.15) is 16.8 Å². The standard InChI is InChI=1S/C14H11ClFNO4S/c15-11-5-17-13(22-11)9-3-8(21-7-1-2-20-6-7)4-10(12(9)16)14(18)19/h3-5,7H,1-2,6H2,(H,18,19). The first-order valence-electron chi connectivity index (χ1n) is 6.47. The quantitative estimate of drug-likeness (QED) is 0.920. The van der Waals surface area contributed by atoms with Gasteiger partial charge in [-0.1, -0.05) is 11.6 Å². The topological polar surface area (TPSA) is 68.7 Å². The molecule has 1 saturated heterocycles. The lowest BCUT2D eigenvalue weighted by atomic mass is 10.1. The van der Waals surface area contributed by atoms with Crippen LogP contribution in [0, 0.1) is 5.82 Å². The maximum Gasteiger partial charge on any atom is 0.338 e. The number of aromatic nitrogens is 1. The van der Waals surface area contributed by atoms with Crippen molar-refractivity contribution >= 4 is 28.9 Å². The zero-order chi connectivity index (χ0) is 15.7. The first-order chi connectivity index (χ1) is 10.5. The lowest BCUT2D eigenvalue weighted by Gasteiger charge is -2.14. The summed E-state index contributed by atoms with van der Waals surface area (Å²) >= 11 is 6.88. The smallest absolute Gasteiger partial charge is 0.338 e. The highest BCUT2D eigenvalue weighted by molar-refractivity contribution is 7.18. The third kappa shape index (κ3) is 3.06. The van der Waals surface area contributed by atoms with Gasteiger partial charge in [-0.3, -0.25) is 0 Å². The molecule has 0 radical (unpaired) electrons. The first-order valence-corrected chi connectivity index (χ1v) is 7.67. The molecule has 116 valence electrons. The van der Waals surface area contributed by atoms with Crippen LogP contribution < -0.4 is 4.74 Å². The van der Waals surface area contributed by atoms with E-state index in [1.807, 2.05) is 0 Å². The van der Waals surface area contributed by atoms with Crippen molar-refractivity contribution in [2.24, 2.45) is 0 Å². The van der Waals surface area contributed by atoms with Crippen molar-refractivity contribution < 1.29 is 23.8 Å². The molecule has 1 atom stereocenters. The summed E-state index contributed by atoms with van der Waals surface area (Å²) in [5.41, 5.74) is -0.400. The number of benzene rings is 1. The van der Waals surface area contributed by atoms with Crippen LogP contribution in [0.3, 0.4) is 0 Å². The van der Waals surface area contributed by atoms with Gasteiger partial charge >= 0.3 is 5.97 Å². The molecule has 0 bridgehead atoms. The van der Waals surface area contributed by atoms with Gasteiger partial charge in [0.25, 0.3) is 0 Å². The number of thiazole rings is 1. The monoisotopic (exact) mass is 343 g/mol. The molecule has 1 fully saturated rings. The second-order valence-corrected chi connectivity index (χ2v) is 6.37. The van der Waals surface area contributed by atoms with E-state index in [1.54, 1.807) is 0 Å². The van der Waals surface area contributed by atoms with Crippen molar-refractivity contribution in [1.29, 1.82) is 0 Å². The van der Waals surface area contributed by atoms with Crippen LogP contribution >= 0.6 is 22.9 Å².